The monoisotopic (exact) mass is 352 g/mol. The molecule has 132 valence electrons. The molecule has 3 aromatic carbocycles. The maximum Gasteiger partial charge on any atom is 0.413 e. The molecule has 1 N–H and O–H groups in total. The Balaban J connectivity index is 1.70. The quantitative estimate of drug-likeness (QED) is 0.553. The highest BCUT2D eigenvalue weighted by atomic mass is 16.6. The number of amides is 1. The van der Waals surface area contributed by atoms with Crippen molar-refractivity contribution in [1.82, 2.24) is 5.32 Å². The molecule has 0 spiro atoms. The van der Waals surface area contributed by atoms with Gasteiger partial charge in [0.05, 0.1) is 12.0 Å². The van der Waals surface area contributed by atoms with E-state index in [1.54, 1.807) is 0 Å². The number of fused-ring (bicyclic) bond motifs is 1. The second kappa shape index (κ2) is 7.52. The van der Waals surface area contributed by atoms with Gasteiger partial charge in [-0.1, -0.05) is 42.5 Å². The van der Waals surface area contributed by atoms with E-state index in [1.165, 1.54) is 25.3 Å². The van der Waals surface area contributed by atoms with Gasteiger partial charge in [0.2, 0.25) is 11.5 Å². The normalized spacial score (nSPS) is 10.3. The van der Waals surface area contributed by atoms with E-state index in [0.29, 0.717) is 0 Å². The van der Waals surface area contributed by atoms with Crippen LogP contribution in [0.4, 0.5) is 10.5 Å². The van der Waals surface area contributed by atoms with Crippen molar-refractivity contribution in [3.8, 4) is 11.5 Å². The second-order valence-electron chi connectivity index (χ2n) is 5.49. The first-order valence-electron chi connectivity index (χ1n) is 7.83. The zero-order valence-electron chi connectivity index (χ0n) is 14.0. The SMILES string of the molecule is COc1cccc(OC(=O)NCc2ccc3ccccc3c2)c1[N+](=O)[O-]. The van der Waals surface area contributed by atoms with Crippen molar-refractivity contribution in [2.45, 2.75) is 6.54 Å². The van der Waals surface area contributed by atoms with Gasteiger partial charge in [-0.2, -0.15) is 0 Å². The highest BCUT2D eigenvalue weighted by molar-refractivity contribution is 5.83. The van der Waals surface area contributed by atoms with E-state index in [-0.39, 0.29) is 18.0 Å². The molecule has 0 aliphatic carbocycles. The summed E-state index contributed by atoms with van der Waals surface area (Å²) in [6, 6.07) is 18.0. The standard InChI is InChI=1S/C19H16N2O5/c1-25-16-7-4-8-17(18(16)21(23)24)26-19(22)20-12-13-9-10-14-5-2-3-6-15(14)11-13/h2-11H,12H2,1H3,(H,20,22). The molecule has 0 aliphatic heterocycles. The number of rotatable bonds is 5. The number of carbonyl (C=O) groups excluding carboxylic acids is 1. The number of nitro benzene ring substituents is 1. The molecule has 0 aliphatic rings. The van der Waals surface area contributed by atoms with Gasteiger partial charge in [0, 0.05) is 6.54 Å². The summed E-state index contributed by atoms with van der Waals surface area (Å²) >= 11 is 0. The van der Waals surface area contributed by atoms with E-state index in [1.807, 2.05) is 42.5 Å². The summed E-state index contributed by atoms with van der Waals surface area (Å²) in [5.41, 5.74) is 0.497. The molecule has 0 aromatic heterocycles. The first kappa shape index (κ1) is 17.2. The molecule has 0 bridgehead atoms. The van der Waals surface area contributed by atoms with Crippen LogP contribution in [0.1, 0.15) is 5.56 Å². The summed E-state index contributed by atoms with van der Waals surface area (Å²) in [5, 5.41) is 16.0. The number of hydrogen-bond donors (Lipinski definition) is 1. The fourth-order valence-electron chi connectivity index (χ4n) is 2.59. The Kier molecular flexibility index (Phi) is 4.98. The van der Waals surface area contributed by atoms with Crippen LogP contribution in [0.5, 0.6) is 11.5 Å². The summed E-state index contributed by atoms with van der Waals surface area (Å²) < 4.78 is 10.0. The predicted octanol–water partition coefficient (Wildman–Crippen LogP) is 4.05. The molecule has 0 heterocycles. The fourth-order valence-corrected chi connectivity index (χ4v) is 2.59. The average Bonchev–Trinajstić information content (AvgIpc) is 2.65. The number of hydrogen-bond acceptors (Lipinski definition) is 5. The number of nitrogens with one attached hydrogen (secondary N) is 1. The summed E-state index contributed by atoms with van der Waals surface area (Å²) in [4.78, 5) is 22.6. The first-order chi connectivity index (χ1) is 12.6. The molecule has 0 radical (unpaired) electrons. The largest absolute Gasteiger partial charge is 0.490 e. The number of ether oxygens (including phenoxy) is 2. The van der Waals surface area contributed by atoms with Crippen LogP contribution in [0, 0.1) is 10.1 Å². The van der Waals surface area contributed by atoms with Crippen molar-refractivity contribution < 1.29 is 19.2 Å². The lowest BCUT2D eigenvalue weighted by Gasteiger charge is -2.09. The molecule has 0 saturated carbocycles. The van der Waals surface area contributed by atoms with Crippen LogP contribution in [0.2, 0.25) is 0 Å². The summed E-state index contributed by atoms with van der Waals surface area (Å²) in [6.45, 7) is 0.238. The molecule has 0 saturated heterocycles. The van der Waals surface area contributed by atoms with Crippen molar-refractivity contribution in [2.75, 3.05) is 7.11 Å². The lowest BCUT2D eigenvalue weighted by Crippen LogP contribution is -2.26. The van der Waals surface area contributed by atoms with Gasteiger partial charge < -0.3 is 14.8 Å². The molecule has 0 atom stereocenters. The smallest absolute Gasteiger partial charge is 0.413 e. The Labute approximate surface area is 149 Å². The molecule has 26 heavy (non-hydrogen) atoms. The molecule has 3 rings (SSSR count). The third-order valence-electron chi connectivity index (χ3n) is 3.82. The van der Waals surface area contributed by atoms with Crippen LogP contribution in [0.3, 0.4) is 0 Å². The highest BCUT2D eigenvalue weighted by Gasteiger charge is 2.23. The van der Waals surface area contributed by atoms with E-state index < -0.39 is 16.7 Å². The summed E-state index contributed by atoms with van der Waals surface area (Å²) in [7, 11) is 1.31. The molecular weight excluding hydrogens is 336 g/mol. The van der Waals surface area contributed by atoms with E-state index in [2.05, 4.69) is 5.32 Å². The molecule has 7 nitrogen and oxygen atoms in total. The van der Waals surface area contributed by atoms with Crippen LogP contribution in [0.15, 0.2) is 60.7 Å². The fraction of sp³-hybridized carbons (Fsp3) is 0.105. The van der Waals surface area contributed by atoms with Crippen LogP contribution < -0.4 is 14.8 Å². The van der Waals surface area contributed by atoms with Crippen molar-refractivity contribution in [2.24, 2.45) is 0 Å². The van der Waals surface area contributed by atoms with E-state index in [4.69, 9.17) is 9.47 Å². The minimum atomic E-state index is -0.783. The van der Waals surface area contributed by atoms with Gasteiger partial charge in [-0.25, -0.2) is 4.79 Å². The topological polar surface area (TPSA) is 90.7 Å². The Morgan fingerprint density at radius 2 is 1.77 bits per heavy atom. The van der Waals surface area contributed by atoms with E-state index in [0.717, 1.165) is 16.3 Å². The van der Waals surface area contributed by atoms with Crippen molar-refractivity contribution in [1.29, 1.82) is 0 Å². The number of benzene rings is 3. The molecule has 0 unspecified atom stereocenters. The Bertz CT molecular complexity index is 971. The molecule has 0 fully saturated rings. The second-order valence-corrected chi connectivity index (χ2v) is 5.49. The van der Waals surface area contributed by atoms with Crippen LogP contribution in [-0.2, 0) is 6.54 Å². The first-order valence-corrected chi connectivity index (χ1v) is 7.83. The minimum absolute atomic E-state index is 0.0230. The third kappa shape index (κ3) is 3.72. The minimum Gasteiger partial charge on any atom is -0.490 e. The summed E-state index contributed by atoms with van der Waals surface area (Å²) in [6.07, 6.45) is -0.783. The summed E-state index contributed by atoms with van der Waals surface area (Å²) in [5.74, 6) is -0.153. The van der Waals surface area contributed by atoms with Gasteiger partial charge in [-0.15, -0.1) is 0 Å². The molecular formula is C19H16N2O5. The maximum atomic E-state index is 12.0. The Morgan fingerprint density at radius 1 is 1.04 bits per heavy atom. The van der Waals surface area contributed by atoms with Gasteiger partial charge in [-0.3, -0.25) is 10.1 Å². The van der Waals surface area contributed by atoms with Gasteiger partial charge in [0.1, 0.15) is 0 Å². The van der Waals surface area contributed by atoms with Crippen LogP contribution >= 0.6 is 0 Å². The van der Waals surface area contributed by atoms with Gasteiger partial charge in [0.15, 0.2) is 0 Å². The number of nitrogens with zero attached hydrogens (tertiary/aromatic N) is 1. The number of methoxy groups -OCH3 is 1. The van der Waals surface area contributed by atoms with Crippen molar-refractivity contribution >= 4 is 22.6 Å². The van der Waals surface area contributed by atoms with E-state index in [9.17, 15) is 14.9 Å². The third-order valence-corrected chi connectivity index (χ3v) is 3.82. The molecule has 7 heteroatoms. The lowest BCUT2D eigenvalue weighted by molar-refractivity contribution is -0.386. The van der Waals surface area contributed by atoms with Crippen LogP contribution in [0.25, 0.3) is 10.8 Å². The number of para-hydroxylation sites is 1. The van der Waals surface area contributed by atoms with E-state index >= 15 is 0 Å². The average molecular weight is 352 g/mol. The highest BCUT2D eigenvalue weighted by Crippen LogP contribution is 2.36. The number of carbonyl (C=O) groups is 1. The van der Waals surface area contributed by atoms with Gasteiger partial charge in [-0.05, 0) is 34.5 Å². The zero-order valence-corrected chi connectivity index (χ0v) is 14.0. The molecule has 1 amide bonds. The zero-order chi connectivity index (χ0) is 18.5. The lowest BCUT2D eigenvalue weighted by atomic mass is 10.1. The maximum absolute atomic E-state index is 12.0. The van der Waals surface area contributed by atoms with Gasteiger partial charge in [0.25, 0.3) is 0 Å². The molecule has 3 aromatic rings. The van der Waals surface area contributed by atoms with Gasteiger partial charge >= 0.3 is 11.8 Å². The Hall–Kier alpha value is -3.61. The van der Waals surface area contributed by atoms with Crippen molar-refractivity contribution in [3.05, 3.63) is 76.3 Å². The van der Waals surface area contributed by atoms with Crippen LogP contribution in [-0.4, -0.2) is 18.1 Å². The van der Waals surface area contributed by atoms with Crippen molar-refractivity contribution in [3.63, 3.8) is 0 Å². The number of nitro groups is 1. The predicted molar refractivity (Wildman–Crippen MR) is 96.5 cm³/mol. The Morgan fingerprint density at radius 3 is 2.50 bits per heavy atom.